The van der Waals surface area contributed by atoms with Gasteiger partial charge in [0.25, 0.3) is 0 Å². The molecule has 3 heterocycles. The minimum atomic E-state index is 0.678. The van der Waals surface area contributed by atoms with Crippen LogP contribution in [-0.4, -0.2) is 4.98 Å². The Morgan fingerprint density at radius 3 is 1.77 bits per heavy atom. The smallest absolute Gasteiger partial charge is 0.0993 e. The van der Waals surface area contributed by atoms with Crippen molar-refractivity contribution in [2.24, 2.45) is 0 Å². The molecule has 0 saturated carbocycles. The zero-order valence-corrected chi connectivity index (χ0v) is 17.1. The molecule has 0 fully saturated rings. The third-order valence-corrected chi connectivity index (χ3v) is 6.41. The highest BCUT2D eigenvalue weighted by Gasteiger charge is 2.11. The first-order valence-corrected chi connectivity index (χ1v) is 11.1. The van der Waals surface area contributed by atoms with Gasteiger partial charge in [0.2, 0.25) is 0 Å². The molecule has 26 heavy (non-hydrogen) atoms. The molecule has 0 spiro atoms. The highest BCUT2D eigenvalue weighted by Crippen LogP contribution is 2.32. The first-order chi connectivity index (χ1) is 12.7. The highest BCUT2D eigenvalue weighted by atomic mass is 32.1. The van der Waals surface area contributed by atoms with Gasteiger partial charge in [0, 0.05) is 0 Å². The van der Waals surface area contributed by atoms with Crippen molar-refractivity contribution in [3.8, 4) is 27.2 Å². The van der Waals surface area contributed by atoms with E-state index < -0.39 is 0 Å². The van der Waals surface area contributed by atoms with Crippen molar-refractivity contribution in [1.82, 2.24) is 4.98 Å². The summed E-state index contributed by atoms with van der Waals surface area (Å²) in [7, 11) is 0. The Balaban J connectivity index is 1.90. The summed E-state index contributed by atoms with van der Waals surface area (Å²) in [5, 5.41) is 13.9. The first kappa shape index (κ1) is 18.8. The number of rotatable bonds is 8. The molecule has 0 bridgehead atoms. The Bertz CT molecular complexity index is 835. The Morgan fingerprint density at radius 2 is 1.35 bits per heavy atom. The van der Waals surface area contributed by atoms with Crippen molar-refractivity contribution in [3.05, 3.63) is 51.7 Å². The lowest BCUT2D eigenvalue weighted by atomic mass is 10.1. The fraction of sp³-hybridized carbons (Fsp3) is 0.364. The molecule has 0 aliphatic heterocycles. The van der Waals surface area contributed by atoms with Gasteiger partial charge in [-0.05, 0) is 71.8 Å². The van der Waals surface area contributed by atoms with Gasteiger partial charge in [0.1, 0.15) is 0 Å². The van der Waals surface area contributed by atoms with E-state index in [4.69, 9.17) is 4.98 Å². The van der Waals surface area contributed by atoms with Gasteiger partial charge in [-0.15, -0.1) is 22.7 Å². The molecule has 134 valence electrons. The minimum Gasteiger partial charge on any atom is -0.246 e. The van der Waals surface area contributed by atoms with Crippen molar-refractivity contribution < 1.29 is 0 Å². The van der Waals surface area contributed by atoms with Crippen molar-refractivity contribution in [2.75, 3.05) is 0 Å². The summed E-state index contributed by atoms with van der Waals surface area (Å²) in [6.45, 7) is 4.43. The van der Waals surface area contributed by atoms with Crippen LogP contribution in [0.4, 0.5) is 0 Å². The van der Waals surface area contributed by atoms with E-state index >= 15 is 0 Å². The zero-order chi connectivity index (χ0) is 18.4. The van der Waals surface area contributed by atoms with E-state index in [2.05, 4.69) is 42.8 Å². The predicted octanol–water partition coefficient (Wildman–Crippen LogP) is 7.10. The molecule has 0 N–H and O–H groups in total. The molecule has 0 atom stereocenters. The zero-order valence-electron chi connectivity index (χ0n) is 15.4. The molecule has 0 aliphatic carbocycles. The maximum absolute atomic E-state index is 9.45. The van der Waals surface area contributed by atoms with Crippen LogP contribution in [-0.2, 0) is 12.8 Å². The van der Waals surface area contributed by atoms with Gasteiger partial charge in [0.05, 0.1) is 32.8 Å². The lowest BCUT2D eigenvalue weighted by molar-refractivity contribution is 0.797. The number of aryl methyl sites for hydroxylation is 2. The minimum absolute atomic E-state index is 0.678. The number of pyridine rings is 1. The fourth-order valence-electron chi connectivity index (χ4n) is 2.89. The van der Waals surface area contributed by atoms with Gasteiger partial charge in [-0.25, -0.2) is 4.98 Å². The van der Waals surface area contributed by atoms with E-state index in [1.54, 1.807) is 22.7 Å². The second-order valence-electron chi connectivity index (χ2n) is 6.58. The van der Waals surface area contributed by atoms with Gasteiger partial charge in [0.15, 0.2) is 0 Å². The Morgan fingerprint density at radius 1 is 0.846 bits per heavy atom. The summed E-state index contributed by atoms with van der Waals surface area (Å²) in [5.74, 6) is 0. The number of hydrogen-bond donors (Lipinski definition) is 0. The molecular weight excluding hydrogens is 356 g/mol. The average molecular weight is 381 g/mol. The topological polar surface area (TPSA) is 36.7 Å². The second kappa shape index (κ2) is 9.12. The maximum Gasteiger partial charge on any atom is 0.0993 e. The second-order valence-corrected chi connectivity index (χ2v) is 8.41. The largest absolute Gasteiger partial charge is 0.246 e. The van der Waals surface area contributed by atoms with Gasteiger partial charge >= 0.3 is 0 Å². The van der Waals surface area contributed by atoms with Crippen LogP contribution in [0, 0.1) is 11.3 Å². The number of nitriles is 1. The van der Waals surface area contributed by atoms with Crippen LogP contribution in [0.2, 0.25) is 0 Å². The van der Waals surface area contributed by atoms with Gasteiger partial charge in [-0.1, -0.05) is 26.7 Å². The van der Waals surface area contributed by atoms with Crippen molar-refractivity contribution in [2.45, 2.75) is 52.4 Å². The summed E-state index contributed by atoms with van der Waals surface area (Å²) >= 11 is 3.45. The molecule has 3 aromatic heterocycles. The Kier molecular flexibility index (Phi) is 6.60. The van der Waals surface area contributed by atoms with Gasteiger partial charge in [-0.3, -0.25) is 0 Å². The molecule has 0 saturated heterocycles. The standard InChI is InChI=1S/C22H24N2S2/c1-3-5-7-16-11-21(25-14-16)19-9-18(13-23)10-20(24-19)22-12-17(15-26-22)8-6-4-2/h9-12,14-15H,3-8H2,1-2H3. The van der Waals surface area contributed by atoms with Gasteiger partial charge < -0.3 is 0 Å². The molecule has 3 aromatic rings. The number of hydrogen-bond acceptors (Lipinski definition) is 4. The van der Waals surface area contributed by atoms with E-state index in [1.165, 1.54) is 36.8 Å². The van der Waals surface area contributed by atoms with Crippen LogP contribution in [0.5, 0.6) is 0 Å². The van der Waals surface area contributed by atoms with Crippen LogP contribution >= 0.6 is 22.7 Å². The highest BCUT2D eigenvalue weighted by molar-refractivity contribution is 7.14. The summed E-state index contributed by atoms with van der Waals surface area (Å²) in [6, 6.07) is 10.6. The molecule has 2 nitrogen and oxygen atoms in total. The van der Waals surface area contributed by atoms with Crippen LogP contribution in [0.15, 0.2) is 35.0 Å². The molecular formula is C22H24N2S2. The van der Waals surface area contributed by atoms with E-state index in [0.717, 1.165) is 34.0 Å². The van der Waals surface area contributed by atoms with Crippen molar-refractivity contribution in [1.29, 1.82) is 5.26 Å². The molecule has 0 unspecified atom stereocenters. The lowest BCUT2D eigenvalue weighted by Gasteiger charge is -2.03. The molecule has 3 rings (SSSR count). The Labute approximate surface area is 164 Å². The Hall–Kier alpha value is -1.96. The quantitative estimate of drug-likeness (QED) is 0.418. The summed E-state index contributed by atoms with van der Waals surface area (Å²) in [5.41, 5.74) is 5.24. The summed E-state index contributed by atoms with van der Waals surface area (Å²) in [4.78, 5) is 7.18. The summed E-state index contributed by atoms with van der Waals surface area (Å²) in [6.07, 6.45) is 7.06. The molecule has 0 aromatic carbocycles. The monoisotopic (exact) mass is 380 g/mol. The SMILES string of the molecule is CCCCc1csc(-c2cc(C#N)cc(-c3cc(CCCC)cs3)n2)c1. The maximum atomic E-state index is 9.45. The number of aromatic nitrogens is 1. The third-order valence-electron chi connectivity index (χ3n) is 4.40. The first-order valence-electron chi connectivity index (χ1n) is 9.31. The van der Waals surface area contributed by atoms with Crippen molar-refractivity contribution in [3.63, 3.8) is 0 Å². The van der Waals surface area contributed by atoms with E-state index in [-0.39, 0.29) is 0 Å². The third kappa shape index (κ3) is 4.60. The van der Waals surface area contributed by atoms with Crippen molar-refractivity contribution >= 4 is 22.7 Å². The molecule has 0 radical (unpaired) electrons. The number of nitrogens with zero attached hydrogens (tertiary/aromatic N) is 2. The van der Waals surface area contributed by atoms with Crippen LogP contribution in [0.25, 0.3) is 21.1 Å². The average Bonchev–Trinajstić information content (AvgIpc) is 3.34. The normalized spacial score (nSPS) is 10.8. The lowest BCUT2D eigenvalue weighted by Crippen LogP contribution is -1.88. The molecule has 0 amide bonds. The van der Waals surface area contributed by atoms with Crippen LogP contribution in [0.3, 0.4) is 0 Å². The van der Waals surface area contributed by atoms with Gasteiger partial charge in [-0.2, -0.15) is 5.26 Å². The number of thiophene rings is 2. The predicted molar refractivity (Wildman–Crippen MR) is 113 cm³/mol. The van der Waals surface area contributed by atoms with E-state index in [1.807, 2.05) is 12.1 Å². The molecule has 4 heteroatoms. The van der Waals surface area contributed by atoms with E-state index in [9.17, 15) is 5.26 Å². The number of unbranched alkanes of at least 4 members (excludes halogenated alkanes) is 2. The summed E-state index contributed by atoms with van der Waals surface area (Å²) < 4.78 is 0. The van der Waals surface area contributed by atoms with Crippen LogP contribution < -0.4 is 0 Å². The fourth-order valence-corrected chi connectivity index (χ4v) is 4.71. The van der Waals surface area contributed by atoms with Crippen LogP contribution in [0.1, 0.15) is 56.2 Å². The molecule has 0 aliphatic rings. The van der Waals surface area contributed by atoms with E-state index in [0.29, 0.717) is 5.56 Å².